The molecular weight excluding hydrogens is 274 g/mol. The lowest BCUT2D eigenvalue weighted by Crippen LogP contribution is -2.27. The van der Waals surface area contributed by atoms with Gasteiger partial charge in [0.1, 0.15) is 0 Å². The van der Waals surface area contributed by atoms with Gasteiger partial charge in [-0.3, -0.25) is 4.79 Å². The fourth-order valence-corrected chi connectivity index (χ4v) is 2.55. The maximum Gasteiger partial charge on any atom is 0.223 e. The van der Waals surface area contributed by atoms with Crippen LogP contribution in [-0.2, 0) is 11.2 Å². The van der Waals surface area contributed by atoms with E-state index in [-0.39, 0.29) is 24.2 Å². The van der Waals surface area contributed by atoms with E-state index >= 15 is 0 Å². The van der Waals surface area contributed by atoms with E-state index in [1.165, 1.54) is 14.2 Å². The first-order chi connectivity index (χ1) is 10.1. The van der Waals surface area contributed by atoms with Crippen LogP contribution >= 0.6 is 0 Å². The number of likely N-dealkylation sites (tertiary alicyclic amines) is 1. The predicted octanol–water partition coefficient (Wildman–Crippen LogP) is 0.793. The molecule has 1 amide bonds. The number of aromatic hydroxyl groups is 1. The Morgan fingerprint density at radius 1 is 1.29 bits per heavy atom. The van der Waals surface area contributed by atoms with Gasteiger partial charge in [0.05, 0.1) is 14.2 Å². The Balaban J connectivity index is 2.05. The Hall–Kier alpha value is -1.95. The van der Waals surface area contributed by atoms with Crippen LogP contribution in [0, 0.1) is 5.92 Å². The van der Waals surface area contributed by atoms with E-state index in [0.717, 1.165) is 5.56 Å². The minimum Gasteiger partial charge on any atom is -0.502 e. The number of aliphatic hydroxyl groups excluding tert-OH is 1. The maximum atomic E-state index is 11.8. The zero-order chi connectivity index (χ0) is 15.4. The van der Waals surface area contributed by atoms with E-state index in [9.17, 15) is 9.90 Å². The zero-order valence-electron chi connectivity index (χ0n) is 12.3. The van der Waals surface area contributed by atoms with Gasteiger partial charge in [0.2, 0.25) is 11.7 Å². The molecule has 1 aromatic rings. The summed E-state index contributed by atoms with van der Waals surface area (Å²) in [6.45, 7) is 1.22. The standard InChI is InChI=1S/C15H21NO5/c1-20-12-5-10(6-13(21-2)15(12)19)3-4-16-8-11(9-17)7-14(16)18/h5-6,11,17,19H,3-4,7-9H2,1-2H3. The van der Waals surface area contributed by atoms with Gasteiger partial charge in [-0.05, 0) is 24.1 Å². The summed E-state index contributed by atoms with van der Waals surface area (Å²) >= 11 is 0. The molecule has 0 aromatic heterocycles. The highest BCUT2D eigenvalue weighted by atomic mass is 16.5. The van der Waals surface area contributed by atoms with Crippen molar-refractivity contribution >= 4 is 5.91 Å². The lowest BCUT2D eigenvalue weighted by Gasteiger charge is -2.17. The second-order valence-corrected chi connectivity index (χ2v) is 5.19. The molecular formula is C15H21NO5. The molecule has 1 atom stereocenters. The van der Waals surface area contributed by atoms with Crippen LogP contribution in [0.2, 0.25) is 0 Å². The first-order valence-corrected chi connectivity index (χ1v) is 6.91. The van der Waals surface area contributed by atoms with Gasteiger partial charge in [0.15, 0.2) is 11.5 Å². The highest BCUT2D eigenvalue weighted by Gasteiger charge is 2.28. The normalized spacial score (nSPS) is 18.1. The Morgan fingerprint density at radius 2 is 1.90 bits per heavy atom. The lowest BCUT2D eigenvalue weighted by molar-refractivity contribution is -0.127. The van der Waals surface area contributed by atoms with E-state index in [2.05, 4.69) is 0 Å². The molecule has 1 fully saturated rings. The van der Waals surface area contributed by atoms with Gasteiger partial charge in [0.25, 0.3) is 0 Å². The van der Waals surface area contributed by atoms with E-state index in [1.54, 1.807) is 17.0 Å². The molecule has 116 valence electrons. The van der Waals surface area contributed by atoms with E-state index < -0.39 is 0 Å². The molecule has 1 aliphatic rings. The molecule has 2 N–H and O–H groups in total. The molecule has 1 unspecified atom stereocenters. The highest BCUT2D eigenvalue weighted by molar-refractivity contribution is 5.78. The molecule has 1 heterocycles. The summed E-state index contributed by atoms with van der Waals surface area (Å²) < 4.78 is 10.2. The third-order valence-electron chi connectivity index (χ3n) is 3.76. The summed E-state index contributed by atoms with van der Waals surface area (Å²) in [4.78, 5) is 13.5. The summed E-state index contributed by atoms with van der Waals surface area (Å²) in [5, 5.41) is 19.0. The third-order valence-corrected chi connectivity index (χ3v) is 3.76. The van der Waals surface area contributed by atoms with Gasteiger partial charge in [-0.15, -0.1) is 0 Å². The number of hydrogen-bond acceptors (Lipinski definition) is 5. The van der Waals surface area contributed by atoms with E-state index in [1.807, 2.05) is 0 Å². The highest BCUT2D eigenvalue weighted by Crippen LogP contribution is 2.37. The van der Waals surface area contributed by atoms with Crippen molar-refractivity contribution in [3.63, 3.8) is 0 Å². The molecule has 2 rings (SSSR count). The van der Waals surface area contributed by atoms with E-state index in [4.69, 9.17) is 14.6 Å². The topological polar surface area (TPSA) is 79.2 Å². The zero-order valence-corrected chi connectivity index (χ0v) is 12.3. The number of phenolic OH excluding ortho intramolecular Hbond substituents is 1. The second-order valence-electron chi connectivity index (χ2n) is 5.19. The number of methoxy groups -OCH3 is 2. The molecule has 0 spiro atoms. The van der Waals surface area contributed by atoms with Crippen LogP contribution in [0.4, 0.5) is 0 Å². The van der Waals surface area contributed by atoms with Crippen molar-refractivity contribution in [2.75, 3.05) is 33.9 Å². The van der Waals surface area contributed by atoms with Crippen LogP contribution in [0.1, 0.15) is 12.0 Å². The van der Waals surface area contributed by atoms with Crippen molar-refractivity contribution in [1.82, 2.24) is 4.90 Å². The van der Waals surface area contributed by atoms with Gasteiger partial charge < -0.3 is 24.6 Å². The minimum atomic E-state index is -0.0265. The predicted molar refractivity (Wildman–Crippen MR) is 76.7 cm³/mol. The van der Waals surface area contributed by atoms with Gasteiger partial charge >= 0.3 is 0 Å². The number of ether oxygens (including phenoxy) is 2. The number of aliphatic hydroxyl groups is 1. The Bertz CT molecular complexity index is 492. The van der Waals surface area contributed by atoms with Crippen molar-refractivity contribution in [2.24, 2.45) is 5.92 Å². The number of carbonyl (C=O) groups excluding carboxylic acids is 1. The lowest BCUT2D eigenvalue weighted by atomic mass is 10.1. The monoisotopic (exact) mass is 295 g/mol. The van der Waals surface area contributed by atoms with Crippen LogP contribution in [-0.4, -0.2) is 54.9 Å². The number of carbonyl (C=O) groups is 1. The average molecular weight is 295 g/mol. The Kier molecular flexibility index (Phi) is 4.90. The Morgan fingerprint density at radius 3 is 2.38 bits per heavy atom. The maximum absolute atomic E-state index is 11.8. The minimum absolute atomic E-state index is 0.0265. The summed E-state index contributed by atoms with van der Waals surface area (Å²) in [7, 11) is 2.96. The number of nitrogens with zero attached hydrogens (tertiary/aromatic N) is 1. The fraction of sp³-hybridized carbons (Fsp3) is 0.533. The smallest absolute Gasteiger partial charge is 0.223 e. The van der Waals surface area contributed by atoms with Crippen molar-refractivity contribution in [3.8, 4) is 17.2 Å². The summed E-state index contributed by atoms with van der Waals surface area (Å²) in [5.41, 5.74) is 0.918. The van der Waals surface area contributed by atoms with Crippen molar-refractivity contribution in [1.29, 1.82) is 0 Å². The number of hydrogen-bond donors (Lipinski definition) is 2. The fourth-order valence-electron chi connectivity index (χ4n) is 2.55. The largest absolute Gasteiger partial charge is 0.502 e. The molecule has 1 aromatic carbocycles. The van der Waals surface area contributed by atoms with Crippen LogP contribution < -0.4 is 9.47 Å². The molecule has 0 aliphatic carbocycles. The molecule has 0 saturated carbocycles. The van der Waals surface area contributed by atoms with Crippen LogP contribution in [0.25, 0.3) is 0 Å². The molecule has 1 aliphatic heterocycles. The van der Waals surface area contributed by atoms with Crippen LogP contribution in [0.15, 0.2) is 12.1 Å². The molecule has 0 bridgehead atoms. The van der Waals surface area contributed by atoms with Crippen molar-refractivity contribution in [2.45, 2.75) is 12.8 Å². The van der Waals surface area contributed by atoms with Crippen LogP contribution in [0.5, 0.6) is 17.2 Å². The van der Waals surface area contributed by atoms with Gasteiger partial charge in [-0.1, -0.05) is 0 Å². The summed E-state index contributed by atoms with van der Waals surface area (Å²) in [6.07, 6.45) is 1.05. The summed E-state index contributed by atoms with van der Waals surface area (Å²) in [6, 6.07) is 3.48. The SMILES string of the molecule is COc1cc(CCN2CC(CO)CC2=O)cc(OC)c1O. The average Bonchev–Trinajstić information content (AvgIpc) is 2.86. The molecule has 6 heteroatoms. The number of phenols is 1. The number of amides is 1. The Labute approximate surface area is 123 Å². The summed E-state index contributed by atoms with van der Waals surface area (Å²) in [5.74, 6) is 0.796. The molecule has 6 nitrogen and oxygen atoms in total. The van der Waals surface area contributed by atoms with Crippen molar-refractivity contribution in [3.05, 3.63) is 17.7 Å². The first-order valence-electron chi connectivity index (χ1n) is 6.91. The number of rotatable bonds is 6. The van der Waals surface area contributed by atoms with E-state index in [0.29, 0.717) is 37.4 Å². The molecule has 21 heavy (non-hydrogen) atoms. The third kappa shape index (κ3) is 3.39. The van der Waals surface area contributed by atoms with Gasteiger partial charge in [0, 0.05) is 32.0 Å². The molecule has 1 saturated heterocycles. The quantitative estimate of drug-likeness (QED) is 0.811. The number of benzene rings is 1. The van der Waals surface area contributed by atoms with Crippen LogP contribution in [0.3, 0.4) is 0 Å². The second kappa shape index (κ2) is 6.67. The first kappa shape index (κ1) is 15.4. The van der Waals surface area contributed by atoms with Gasteiger partial charge in [-0.25, -0.2) is 0 Å². The van der Waals surface area contributed by atoms with Gasteiger partial charge in [-0.2, -0.15) is 0 Å². The molecule has 0 radical (unpaired) electrons. The van der Waals surface area contributed by atoms with Crippen molar-refractivity contribution < 1.29 is 24.5 Å².